The first-order chi connectivity index (χ1) is 12.5. The molecule has 1 aliphatic rings. The summed E-state index contributed by atoms with van der Waals surface area (Å²) in [6.07, 6.45) is 0. The van der Waals surface area contributed by atoms with Crippen LogP contribution in [-0.4, -0.2) is 29.3 Å². The summed E-state index contributed by atoms with van der Waals surface area (Å²) in [4.78, 5) is 27.3. The number of thioether (sulfide) groups is 1. The second-order valence-electron chi connectivity index (χ2n) is 5.30. The smallest absolute Gasteiger partial charge is 0.272 e. The maximum Gasteiger partial charge on any atom is 0.272 e. The summed E-state index contributed by atoms with van der Waals surface area (Å²) >= 11 is 19.3. The van der Waals surface area contributed by atoms with Gasteiger partial charge in [-0.2, -0.15) is 0 Å². The van der Waals surface area contributed by atoms with Gasteiger partial charge in [0.2, 0.25) is 0 Å². The van der Waals surface area contributed by atoms with Crippen LogP contribution in [-0.2, 0) is 9.59 Å². The van der Waals surface area contributed by atoms with E-state index in [0.29, 0.717) is 10.6 Å². The lowest BCUT2D eigenvalue weighted by atomic mass is 10.1. The Labute approximate surface area is 169 Å². The van der Waals surface area contributed by atoms with Crippen molar-refractivity contribution in [3.05, 3.63) is 68.0 Å². The third-order valence-electron chi connectivity index (χ3n) is 3.68. The van der Waals surface area contributed by atoms with Crippen molar-refractivity contribution in [2.75, 3.05) is 17.3 Å². The van der Waals surface area contributed by atoms with Crippen molar-refractivity contribution in [1.29, 1.82) is 0 Å². The lowest BCUT2D eigenvalue weighted by Crippen LogP contribution is -2.31. The number of carbonyl (C=O) groups excluding carboxylic acids is 2. The van der Waals surface area contributed by atoms with E-state index in [1.54, 1.807) is 42.5 Å². The SMILES string of the molecule is O=C1C(SCCO)=C(c2ccc(Cl)cc2)C(=O)N1c1cccc(Cl)c1Cl. The molecule has 0 spiro atoms. The molecule has 134 valence electrons. The first-order valence-electron chi connectivity index (χ1n) is 7.52. The van der Waals surface area contributed by atoms with Gasteiger partial charge in [-0.15, -0.1) is 11.8 Å². The molecule has 1 aliphatic heterocycles. The highest BCUT2D eigenvalue weighted by atomic mass is 35.5. The predicted octanol–water partition coefficient (Wildman–Crippen LogP) is 4.66. The molecule has 0 bridgehead atoms. The Morgan fingerprint density at radius 3 is 2.31 bits per heavy atom. The third kappa shape index (κ3) is 3.50. The Kier molecular flexibility index (Phi) is 5.95. The van der Waals surface area contributed by atoms with Crippen LogP contribution in [0, 0.1) is 0 Å². The van der Waals surface area contributed by atoms with Crippen molar-refractivity contribution in [1.82, 2.24) is 0 Å². The number of aliphatic hydroxyl groups excluding tert-OH is 1. The number of nitrogens with zero attached hydrogens (tertiary/aromatic N) is 1. The zero-order valence-corrected chi connectivity index (χ0v) is 16.3. The van der Waals surface area contributed by atoms with Gasteiger partial charge in [0.1, 0.15) is 0 Å². The summed E-state index contributed by atoms with van der Waals surface area (Å²) in [7, 11) is 0. The molecule has 0 fully saturated rings. The van der Waals surface area contributed by atoms with Crippen LogP contribution in [0.1, 0.15) is 5.56 Å². The van der Waals surface area contributed by atoms with E-state index >= 15 is 0 Å². The largest absolute Gasteiger partial charge is 0.396 e. The standard InChI is InChI=1S/C18H12Cl3NO3S/c19-11-6-4-10(5-7-11)14-16(26-9-8-23)18(25)22(17(14)24)13-3-1-2-12(20)15(13)21/h1-7,23H,8-9H2. The fourth-order valence-electron chi connectivity index (χ4n) is 2.55. The predicted molar refractivity (Wildman–Crippen MR) is 107 cm³/mol. The van der Waals surface area contributed by atoms with Gasteiger partial charge in [-0.3, -0.25) is 9.59 Å². The maximum absolute atomic E-state index is 13.1. The molecule has 0 saturated carbocycles. The van der Waals surface area contributed by atoms with Crippen molar-refractivity contribution in [3.8, 4) is 0 Å². The molecule has 0 saturated heterocycles. The molecule has 2 aromatic carbocycles. The van der Waals surface area contributed by atoms with Crippen LogP contribution in [0.25, 0.3) is 5.57 Å². The Bertz CT molecular complexity index is 912. The number of imide groups is 1. The Hall–Kier alpha value is -1.50. The topological polar surface area (TPSA) is 57.6 Å². The van der Waals surface area contributed by atoms with Crippen molar-refractivity contribution in [2.24, 2.45) is 0 Å². The first kappa shape index (κ1) is 19.3. The van der Waals surface area contributed by atoms with Crippen LogP contribution in [0.4, 0.5) is 5.69 Å². The van der Waals surface area contributed by atoms with Crippen LogP contribution >= 0.6 is 46.6 Å². The van der Waals surface area contributed by atoms with E-state index in [1.807, 2.05) is 0 Å². The average molecular weight is 429 g/mol. The van der Waals surface area contributed by atoms with Gasteiger partial charge < -0.3 is 5.11 Å². The van der Waals surface area contributed by atoms with E-state index in [4.69, 9.17) is 39.9 Å². The molecule has 0 aromatic heterocycles. The van der Waals surface area contributed by atoms with E-state index < -0.39 is 11.8 Å². The Morgan fingerprint density at radius 2 is 1.65 bits per heavy atom. The molecule has 1 heterocycles. The van der Waals surface area contributed by atoms with E-state index in [2.05, 4.69) is 0 Å². The first-order valence-corrected chi connectivity index (χ1v) is 9.64. The van der Waals surface area contributed by atoms with Crippen molar-refractivity contribution >= 4 is 69.6 Å². The molecule has 3 rings (SSSR count). The molecule has 4 nitrogen and oxygen atoms in total. The van der Waals surface area contributed by atoms with E-state index in [-0.39, 0.29) is 38.6 Å². The molecule has 1 N–H and O–H groups in total. The van der Waals surface area contributed by atoms with Crippen LogP contribution in [0.2, 0.25) is 15.1 Å². The molecule has 26 heavy (non-hydrogen) atoms. The van der Waals surface area contributed by atoms with Crippen molar-refractivity contribution in [3.63, 3.8) is 0 Å². The lowest BCUT2D eigenvalue weighted by molar-refractivity contribution is -0.119. The molecule has 8 heteroatoms. The van der Waals surface area contributed by atoms with Gasteiger partial charge >= 0.3 is 0 Å². The zero-order chi connectivity index (χ0) is 18.8. The summed E-state index contributed by atoms with van der Waals surface area (Å²) in [5.41, 5.74) is 1.04. The highest BCUT2D eigenvalue weighted by Crippen LogP contribution is 2.42. The maximum atomic E-state index is 13.1. The third-order valence-corrected chi connectivity index (χ3v) is 5.80. The number of aliphatic hydroxyl groups is 1. The summed E-state index contributed by atoms with van der Waals surface area (Å²) in [5.74, 6) is -0.716. The second kappa shape index (κ2) is 8.03. The van der Waals surface area contributed by atoms with Gasteiger partial charge in [-0.25, -0.2) is 4.90 Å². The van der Waals surface area contributed by atoms with Gasteiger partial charge in [0.15, 0.2) is 0 Å². The van der Waals surface area contributed by atoms with E-state index in [9.17, 15) is 9.59 Å². The van der Waals surface area contributed by atoms with E-state index in [1.165, 1.54) is 0 Å². The normalized spacial score (nSPS) is 14.5. The summed E-state index contributed by atoms with van der Waals surface area (Å²) in [6, 6.07) is 11.4. The summed E-state index contributed by atoms with van der Waals surface area (Å²) < 4.78 is 0. The van der Waals surface area contributed by atoms with Gasteiger partial charge in [0, 0.05) is 10.8 Å². The highest BCUT2D eigenvalue weighted by Gasteiger charge is 2.41. The quantitative estimate of drug-likeness (QED) is 0.704. The van der Waals surface area contributed by atoms with Crippen LogP contribution in [0.3, 0.4) is 0 Å². The average Bonchev–Trinajstić information content (AvgIpc) is 2.87. The molecule has 0 aliphatic carbocycles. The van der Waals surface area contributed by atoms with Gasteiger partial charge in [0.05, 0.1) is 32.8 Å². The number of rotatable bonds is 5. The minimum atomic E-state index is -0.498. The number of carbonyl (C=O) groups is 2. The molecular weight excluding hydrogens is 417 g/mol. The van der Waals surface area contributed by atoms with Gasteiger partial charge in [-0.05, 0) is 29.8 Å². The molecule has 2 aromatic rings. The fourth-order valence-corrected chi connectivity index (χ4v) is 3.91. The van der Waals surface area contributed by atoms with Crippen LogP contribution in [0.5, 0.6) is 0 Å². The lowest BCUT2D eigenvalue weighted by Gasteiger charge is -2.17. The summed E-state index contributed by atoms with van der Waals surface area (Å²) in [5, 5.41) is 10.0. The number of anilines is 1. The molecular formula is C18H12Cl3NO3S. The molecule has 0 unspecified atom stereocenters. The van der Waals surface area contributed by atoms with Crippen molar-refractivity contribution in [2.45, 2.75) is 0 Å². The van der Waals surface area contributed by atoms with Gasteiger partial charge in [-0.1, -0.05) is 53.0 Å². The number of hydrogen-bond donors (Lipinski definition) is 1. The number of amides is 2. The summed E-state index contributed by atoms with van der Waals surface area (Å²) in [6.45, 7) is -0.124. The van der Waals surface area contributed by atoms with Crippen LogP contribution in [0.15, 0.2) is 47.4 Å². The number of benzene rings is 2. The second-order valence-corrected chi connectivity index (χ2v) is 7.63. The number of hydrogen-bond acceptors (Lipinski definition) is 4. The fraction of sp³-hybridized carbons (Fsp3) is 0.111. The monoisotopic (exact) mass is 427 g/mol. The Balaban J connectivity index is 2.11. The highest BCUT2D eigenvalue weighted by molar-refractivity contribution is 8.04. The van der Waals surface area contributed by atoms with Crippen LogP contribution < -0.4 is 4.90 Å². The minimum Gasteiger partial charge on any atom is -0.396 e. The number of halogens is 3. The molecule has 0 radical (unpaired) electrons. The molecule has 2 amide bonds. The van der Waals surface area contributed by atoms with E-state index in [0.717, 1.165) is 16.7 Å². The minimum absolute atomic E-state index is 0.124. The Morgan fingerprint density at radius 1 is 0.962 bits per heavy atom. The molecule has 0 atom stereocenters. The van der Waals surface area contributed by atoms with Gasteiger partial charge in [0.25, 0.3) is 11.8 Å². The van der Waals surface area contributed by atoms with Crippen molar-refractivity contribution < 1.29 is 14.7 Å². The zero-order valence-electron chi connectivity index (χ0n) is 13.2.